The number of aromatic nitrogens is 2. The third kappa shape index (κ3) is 4.05. The van der Waals surface area contributed by atoms with Crippen molar-refractivity contribution >= 4 is 0 Å². The van der Waals surface area contributed by atoms with E-state index in [4.69, 9.17) is 0 Å². The lowest BCUT2D eigenvalue weighted by molar-refractivity contribution is 0.121. The van der Waals surface area contributed by atoms with Crippen LogP contribution < -0.4 is 5.32 Å². The van der Waals surface area contributed by atoms with Gasteiger partial charge in [-0.3, -0.25) is 4.68 Å². The maximum Gasteiger partial charge on any atom is 0.0791 e. The van der Waals surface area contributed by atoms with Gasteiger partial charge in [0.15, 0.2) is 0 Å². The lowest BCUT2D eigenvalue weighted by atomic mass is 10.1. The van der Waals surface area contributed by atoms with Crippen LogP contribution in [0.3, 0.4) is 0 Å². The lowest BCUT2D eigenvalue weighted by Gasteiger charge is -2.22. The molecule has 5 nitrogen and oxygen atoms in total. The number of aliphatic hydroxyl groups excluding tert-OH is 1. The molecule has 0 amide bonds. The number of likely N-dealkylation sites (tertiary alicyclic amines) is 1. The first-order valence-corrected chi connectivity index (χ1v) is 8.20. The molecule has 21 heavy (non-hydrogen) atoms. The standard InChI is InChI=1S/C16H30N4O/c1-5-20-14(4)16(13(3)18-20)12(2)17-10-15(21)11-19-8-6-7-9-19/h12,15,17,21H,5-11H2,1-4H3. The van der Waals surface area contributed by atoms with Gasteiger partial charge in [-0.1, -0.05) is 0 Å². The van der Waals surface area contributed by atoms with Crippen molar-refractivity contribution < 1.29 is 5.11 Å². The van der Waals surface area contributed by atoms with Gasteiger partial charge in [-0.2, -0.15) is 5.10 Å². The molecular weight excluding hydrogens is 264 g/mol. The molecule has 1 fully saturated rings. The third-order valence-corrected chi connectivity index (χ3v) is 4.50. The Morgan fingerprint density at radius 2 is 1.95 bits per heavy atom. The number of nitrogens with one attached hydrogen (secondary N) is 1. The number of hydrogen-bond acceptors (Lipinski definition) is 4. The molecule has 0 saturated carbocycles. The number of nitrogens with zero attached hydrogens (tertiary/aromatic N) is 3. The molecule has 2 atom stereocenters. The van der Waals surface area contributed by atoms with Crippen LogP contribution in [0.4, 0.5) is 0 Å². The van der Waals surface area contributed by atoms with E-state index in [-0.39, 0.29) is 12.1 Å². The summed E-state index contributed by atoms with van der Waals surface area (Å²) in [7, 11) is 0. The second kappa shape index (κ2) is 7.38. The first-order chi connectivity index (χ1) is 10.0. The van der Waals surface area contributed by atoms with Crippen LogP contribution in [0.15, 0.2) is 0 Å². The zero-order valence-electron chi connectivity index (χ0n) is 13.9. The largest absolute Gasteiger partial charge is 0.390 e. The van der Waals surface area contributed by atoms with Crippen LogP contribution >= 0.6 is 0 Å². The summed E-state index contributed by atoms with van der Waals surface area (Å²) in [5.41, 5.74) is 3.58. The van der Waals surface area contributed by atoms with E-state index in [2.05, 4.69) is 43.0 Å². The highest BCUT2D eigenvalue weighted by Gasteiger charge is 2.19. The van der Waals surface area contributed by atoms with Crippen molar-refractivity contribution in [3.05, 3.63) is 17.0 Å². The fourth-order valence-electron chi connectivity index (χ4n) is 3.39. The molecule has 1 aliphatic rings. The summed E-state index contributed by atoms with van der Waals surface area (Å²) in [4.78, 5) is 2.35. The van der Waals surface area contributed by atoms with E-state index in [1.807, 2.05) is 4.68 Å². The highest BCUT2D eigenvalue weighted by molar-refractivity contribution is 5.27. The molecule has 0 bridgehead atoms. The molecule has 0 aromatic carbocycles. The van der Waals surface area contributed by atoms with Gasteiger partial charge in [-0.15, -0.1) is 0 Å². The normalized spacial score (nSPS) is 19.1. The van der Waals surface area contributed by atoms with Crippen molar-refractivity contribution in [1.29, 1.82) is 0 Å². The maximum absolute atomic E-state index is 10.2. The van der Waals surface area contributed by atoms with Crippen LogP contribution in [-0.4, -0.2) is 52.1 Å². The minimum atomic E-state index is -0.299. The predicted molar refractivity (Wildman–Crippen MR) is 85.5 cm³/mol. The van der Waals surface area contributed by atoms with Crippen molar-refractivity contribution in [2.75, 3.05) is 26.2 Å². The Hall–Kier alpha value is -0.910. The molecular formula is C16H30N4O. The average Bonchev–Trinajstić information content (AvgIpc) is 3.04. The molecule has 0 aliphatic carbocycles. The van der Waals surface area contributed by atoms with Gasteiger partial charge in [-0.25, -0.2) is 0 Å². The molecule has 2 N–H and O–H groups in total. The molecule has 1 aromatic rings. The van der Waals surface area contributed by atoms with E-state index in [1.54, 1.807) is 0 Å². The predicted octanol–water partition coefficient (Wildman–Crippen LogP) is 1.63. The minimum absolute atomic E-state index is 0.221. The van der Waals surface area contributed by atoms with E-state index in [0.717, 1.165) is 31.9 Å². The Labute approximate surface area is 128 Å². The molecule has 2 unspecified atom stereocenters. The summed E-state index contributed by atoms with van der Waals surface area (Å²) in [5.74, 6) is 0. The second-order valence-corrected chi connectivity index (χ2v) is 6.19. The Morgan fingerprint density at radius 3 is 2.52 bits per heavy atom. The molecule has 0 radical (unpaired) electrons. The first-order valence-electron chi connectivity index (χ1n) is 8.20. The summed E-state index contributed by atoms with van der Waals surface area (Å²) in [6, 6.07) is 0.221. The van der Waals surface area contributed by atoms with Gasteiger partial charge in [0.25, 0.3) is 0 Å². The van der Waals surface area contributed by atoms with E-state index in [9.17, 15) is 5.11 Å². The fourth-order valence-corrected chi connectivity index (χ4v) is 3.39. The number of aryl methyl sites for hydroxylation is 2. The molecule has 2 heterocycles. The van der Waals surface area contributed by atoms with Crippen LogP contribution in [0.2, 0.25) is 0 Å². The second-order valence-electron chi connectivity index (χ2n) is 6.19. The van der Waals surface area contributed by atoms with Crippen molar-refractivity contribution in [2.45, 2.75) is 59.2 Å². The number of aliphatic hydroxyl groups is 1. The van der Waals surface area contributed by atoms with Crippen molar-refractivity contribution in [2.24, 2.45) is 0 Å². The van der Waals surface area contributed by atoms with Crippen LogP contribution in [0.1, 0.15) is 49.7 Å². The summed E-state index contributed by atoms with van der Waals surface area (Å²) < 4.78 is 2.05. The molecule has 1 aromatic heterocycles. The minimum Gasteiger partial charge on any atom is -0.390 e. The van der Waals surface area contributed by atoms with Crippen LogP contribution in [-0.2, 0) is 6.54 Å². The van der Waals surface area contributed by atoms with Crippen molar-refractivity contribution in [1.82, 2.24) is 20.0 Å². The van der Waals surface area contributed by atoms with Gasteiger partial charge in [0.2, 0.25) is 0 Å². The summed E-state index contributed by atoms with van der Waals surface area (Å²) in [6.07, 6.45) is 2.24. The number of hydrogen-bond donors (Lipinski definition) is 2. The van der Waals surface area contributed by atoms with E-state index >= 15 is 0 Å². The molecule has 120 valence electrons. The SMILES string of the molecule is CCn1nc(C)c(C(C)NCC(O)CN2CCCC2)c1C. The fraction of sp³-hybridized carbons (Fsp3) is 0.812. The number of rotatable bonds is 7. The zero-order chi connectivity index (χ0) is 15.4. The zero-order valence-corrected chi connectivity index (χ0v) is 13.9. The Bertz CT molecular complexity index is 451. The Morgan fingerprint density at radius 1 is 1.29 bits per heavy atom. The highest BCUT2D eigenvalue weighted by atomic mass is 16.3. The molecule has 1 saturated heterocycles. The summed E-state index contributed by atoms with van der Waals surface area (Å²) >= 11 is 0. The van der Waals surface area contributed by atoms with Crippen LogP contribution in [0, 0.1) is 13.8 Å². The van der Waals surface area contributed by atoms with Crippen molar-refractivity contribution in [3.8, 4) is 0 Å². The van der Waals surface area contributed by atoms with Crippen LogP contribution in [0.5, 0.6) is 0 Å². The molecule has 5 heteroatoms. The third-order valence-electron chi connectivity index (χ3n) is 4.50. The molecule has 2 rings (SSSR count). The smallest absolute Gasteiger partial charge is 0.0791 e. The van der Waals surface area contributed by atoms with Crippen LogP contribution in [0.25, 0.3) is 0 Å². The van der Waals surface area contributed by atoms with Crippen molar-refractivity contribution in [3.63, 3.8) is 0 Å². The van der Waals surface area contributed by atoms with Gasteiger partial charge in [0.1, 0.15) is 0 Å². The summed E-state index contributed by atoms with van der Waals surface area (Å²) in [5, 5.41) is 18.2. The molecule has 1 aliphatic heterocycles. The van der Waals surface area contributed by atoms with Gasteiger partial charge in [0.05, 0.1) is 11.8 Å². The average molecular weight is 294 g/mol. The highest BCUT2D eigenvalue weighted by Crippen LogP contribution is 2.21. The number of β-amino-alcohol motifs (C(OH)–C–C–N with tert-alkyl or cyclic N) is 1. The Kier molecular flexibility index (Phi) is 5.79. The van der Waals surface area contributed by atoms with Gasteiger partial charge in [-0.05, 0) is 53.6 Å². The van der Waals surface area contributed by atoms with Gasteiger partial charge in [0, 0.05) is 36.9 Å². The maximum atomic E-state index is 10.2. The Balaban J connectivity index is 1.86. The van der Waals surface area contributed by atoms with Gasteiger partial charge >= 0.3 is 0 Å². The quantitative estimate of drug-likeness (QED) is 0.802. The summed E-state index contributed by atoms with van der Waals surface area (Å²) in [6.45, 7) is 13.0. The molecule has 0 spiro atoms. The van der Waals surface area contributed by atoms with E-state index < -0.39 is 0 Å². The van der Waals surface area contributed by atoms with E-state index in [0.29, 0.717) is 6.54 Å². The van der Waals surface area contributed by atoms with E-state index in [1.165, 1.54) is 24.1 Å². The topological polar surface area (TPSA) is 53.3 Å². The van der Waals surface area contributed by atoms with Gasteiger partial charge < -0.3 is 15.3 Å². The lowest BCUT2D eigenvalue weighted by Crippen LogP contribution is -2.38. The monoisotopic (exact) mass is 294 g/mol. The first kappa shape index (κ1) is 16.5.